The number of carbonyl (C=O) groups excluding carboxylic acids is 3. The highest BCUT2D eigenvalue weighted by molar-refractivity contribution is 6.22. The summed E-state index contributed by atoms with van der Waals surface area (Å²) in [5, 5.41) is 2.71. The van der Waals surface area contributed by atoms with Crippen LogP contribution in [0.5, 0.6) is 11.5 Å². The zero-order valence-corrected chi connectivity index (χ0v) is 18.9. The van der Waals surface area contributed by atoms with E-state index in [0.717, 1.165) is 16.0 Å². The van der Waals surface area contributed by atoms with Crippen molar-refractivity contribution in [3.8, 4) is 11.5 Å². The molecule has 8 heteroatoms. The number of hydrogen-bond acceptors (Lipinski definition) is 5. The molecule has 0 aromatic heterocycles. The minimum atomic E-state index is -0.851. The molecule has 0 aliphatic carbocycles. The highest BCUT2D eigenvalue weighted by Crippen LogP contribution is 2.30. The first-order valence-electron chi connectivity index (χ1n) is 10.6. The number of amides is 4. The number of nitrogens with zero attached hydrogens (tertiary/aromatic N) is 2. The zero-order valence-electron chi connectivity index (χ0n) is 18.9. The van der Waals surface area contributed by atoms with E-state index in [1.807, 2.05) is 38.1 Å². The summed E-state index contributed by atoms with van der Waals surface area (Å²) in [4.78, 5) is 41.4. The highest BCUT2D eigenvalue weighted by Gasteiger charge is 2.46. The smallest absolute Gasteiger partial charge is 0.332 e. The lowest BCUT2D eigenvalue weighted by atomic mass is 10.1. The SMILES string of the molecule is CCNC(=O)C[C@@H]1C(=O)N(c2ccc(C)cc2)C(=O)N1CCc1ccc(OC)c(OC)c1. The van der Waals surface area contributed by atoms with E-state index in [2.05, 4.69) is 5.32 Å². The van der Waals surface area contributed by atoms with E-state index in [9.17, 15) is 14.4 Å². The van der Waals surface area contributed by atoms with E-state index in [-0.39, 0.29) is 18.9 Å². The molecule has 0 unspecified atom stereocenters. The lowest BCUT2D eigenvalue weighted by Crippen LogP contribution is -2.40. The Balaban J connectivity index is 1.84. The van der Waals surface area contributed by atoms with Crippen LogP contribution in [0.2, 0.25) is 0 Å². The fourth-order valence-corrected chi connectivity index (χ4v) is 3.75. The Kier molecular flexibility index (Phi) is 7.35. The summed E-state index contributed by atoms with van der Waals surface area (Å²) < 4.78 is 10.6. The number of rotatable bonds is 9. The minimum absolute atomic E-state index is 0.0767. The molecule has 0 bridgehead atoms. The first-order chi connectivity index (χ1) is 15.4. The molecule has 1 fully saturated rings. The molecule has 1 aliphatic rings. The maximum Gasteiger partial charge on any atom is 0.332 e. The number of methoxy groups -OCH3 is 2. The number of imide groups is 1. The number of anilines is 1. The Morgan fingerprint density at radius 1 is 1.03 bits per heavy atom. The molecule has 0 saturated carbocycles. The number of urea groups is 1. The van der Waals surface area contributed by atoms with Crippen molar-refractivity contribution in [3.05, 3.63) is 53.6 Å². The van der Waals surface area contributed by atoms with E-state index in [1.165, 1.54) is 4.90 Å². The van der Waals surface area contributed by atoms with Crippen LogP contribution in [0.3, 0.4) is 0 Å². The molecule has 2 aromatic carbocycles. The Hall–Kier alpha value is -3.55. The molecule has 0 spiro atoms. The molecule has 8 nitrogen and oxygen atoms in total. The third kappa shape index (κ3) is 4.85. The summed E-state index contributed by atoms with van der Waals surface area (Å²) in [6.07, 6.45) is 0.416. The Labute approximate surface area is 188 Å². The van der Waals surface area contributed by atoms with Gasteiger partial charge in [0.05, 0.1) is 26.3 Å². The number of nitrogens with one attached hydrogen (secondary N) is 1. The van der Waals surface area contributed by atoms with Crippen LogP contribution in [0.1, 0.15) is 24.5 Å². The van der Waals surface area contributed by atoms with Gasteiger partial charge in [0.25, 0.3) is 5.91 Å². The number of hydrogen-bond donors (Lipinski definition) is 1. The molecule has 1 aliphatic heterocycles. The van der Waals surface area contributed by atoms with Gasteiger partial charge in [-0.15, -0.1) is 0 Å². The average Bonchev–Trinajstić information content (AvgIpc) is 3.01. The molecule has 4 amide bonds. The quantitative estimate of drug-likeness (QED) is 0.607. The van der Waals surface area contributed by atoms with E-state index in [4.69, 9.17) is 9.47 Å². The number of aryl methyl sites for hydroxylation is 1. The van der Waals surface area contributed by atoms with Crippen LogP contribution in [-0.4, -0.2) is 56.1 Å². The molecule has 2 aromatic rings. The molecule has 0 radical (unpaired) electrons. The molecule has 170 valence electrons. The first kappa shape index (κ1) is 23.1. The van der Waals surface area contributed by atoms with Crippen molar-refractivity contribution in [2.75, 3.05) is 32.2 Å². The summed E-state index contributed by atoms with van der Waals surface area (Å²) in [6.45, 7) is 4.49. The summed E-state index contributed by atoms with van der Waals surface area (Å²) in [5.74, 6) is 0.551. The Bertz CT molecular complexity index is 990. The van der Waals surface area contributed by atoms with Crippen molar-refractivity contribution >= 4 is 23.5 Å². The summed E-state index contributed by atoms with van der Waals surface area (Å²) >= 11 is 0. The molecule has 1 saturated heterocycles. The molecular formula is C24H29N3O5. The van der Waals surface area contributed by atoms with Crippen molar-refractivity contribution in [1.29, 1.82) is 0 Å². The van der Waals surface area contributed by atoms with E-state index < -0.39 is 18.0 Å². The maximum absolute atomic E-state index is 13.3. The molecule has 3 rings (SSSR count). The van der Waals surface area contributed by atoms with Gasteiger partial charge in [0.15, 0.2) is 11.5 Å². The van der Waals surface area contributed by atoms with Gasteiger partial charge in [-0.1, -0.05) is 23.8 Å². The van der Waals surface area contributed by atoms with Crippen LogP contribution < -0.4 is 19.7 Å². The van der Waals surface area contributed by atoms with Crippen LogP contribution in [0.15, 0.2) is 42.5 Å². The van der Waals surface area contributed by atoms with E-state index >= 15 is 0 Å². The number of benzene rings is 2. The fraction of sp³-hybridized carbons (Fsp3) is 0.375. The monoisotopic (exact) mass is 439 g/mol. The highest BCUT2D eigenvalue weighted by atomic mass is 16.5. The van der Waals surface area contributed by atoms with E-state index in [0.29, 0.717) is 30.2 Å². The largest absolute Gasteiger partial charge is 0.493 e. The summed E-state index contributed by atoms with van der Waals surface area (Å²) in [6, 6.07) is 11.4. The van der Waals surface area contributed by atoms with Gasteiger partial charge in [0, 0.05) is 13.1 Å². The second-order valence-corrected chi connectivity index (χ2v) is 7.60. The topological polar surface area (TPSA) is 88.2 Å². The van der Waals surface area contributed by atoms with Gasteiger partial charge in [0.1, 0.15) is 6.04 Å². The van der Waals surface area contributed by atoms with Gasteiger partial charge < -0.3 is 19.7 Å². The second-order valence-electron chi connectivity index (χ2n) is 7.60. The number of ether oxygens (including phenoxy) is 2. The molecular weight excluding hydrogens is 410 g/mol. The van der Waals surface area contributed by atoms with Gasteiger partial charge in [-0.05, 0) is 50.1 Å². The maximum atomic E-state index is 13.3. The van der Waals surface area contributed by atoms with E-state index in [1.54, 1.807) is 32.4 Å². The van der Waals surface area contributed by atoms with Crippen molar-refractivity contribution in [2.24, 2.45) is 0 Å². The van der Waals surface area contributed by atoms with Gasteiger partial charge in [-0.25, -0.2) is 9.69 Å². The molecule has 1 heterocycles. The standard InChI is InChI=1S/C24H29N3O5/c1-5-25-22(28)15-19-23(29)27(18-9-6-16(2)7-10-18)24(30)26(19)13-12-17-8-11-20(31-3)21(14-17)32-4/h6-11,14,19H,5,12-13,15H2,1-4H3,(H,25,28)/t19-/m1/s1. The molecule has 1 N–H and O–H groups in total. The van der Waals surface area contributed by atoms with Crippen LogP contribution in [0.25, 0.3) is 0 Å². The van der Waals surface area contributed by atoms with Gasteiger partial charge in [-0.3, -0.25) is 9.59 Å². The summed E-state index contributed by atoms with van der Waals surface area (Å²) in [5.41, 5.74) is 2.45. The van der Waals surface area contributed by atoms with Crippen molar-refractivity contribution in [3.63, 3.8) is 0 Å². The summed E-state index contributed by atoms with van der Waals surface area (Å²) in [7, 11) is 3.13. The normalized spacial score (nSPS) is 15.8. The molecule has 32 heavy (non-hydrogen) atoms. The lowest BCUT2D eigenvalue weighted by molar-refractivity contribution is -0.127. The zero-order chi connectivity index (χ0) is 23.3. The third-order valence-electron chi connectivity index (χ3n) is 5.45. The van der Waals surface area contributed by atoms with Crippen molar-refractivity contribution in [1.82, 2.24) is 10.2 Å². The van der Waals surface area contributed by atoms with Crippen LogP contribution >= 0.6 is 0 Å². The van der Waals surface area contributed by atoms with Gasteiger partial charge in [0.2, 0.25) is 5.91 Å². The lowest BCUT2D eigenvalue weighted by Gasteiger charge is -2.21. The van der Waals surface area contributed by atoms with Crippen LogP contribution in [0.4, 0.5) is 10.5 Å². The third-order valence-corrected chi connectivity index (χ3v) is 5.45. The van der Waals surface area contributed by atoms with Crippen LogP contribution in [-0.2, 0) is 16.0 Å². The van der Waals surface area contributed by atoms with Gasteiger partial charge in [-0.2, -0.15) is 0 Å². The van der Waals surface area contributed by atoms with Crippen molar-refractivity contribution < 1.29 is 23.9 Å². The molecule has 1 atom stereocenters. The first-order valence-corrected chi connectivity index (χ1v) is 10.6. The average molecular weight is 440 g/mol. The van der Waals surface area contributed by atoms with Crippen LogP contribution in [0, 0.1) is 6.92 Å². The fourth-order valence-electron chi connectivity index (χ4n) is 3.75. The Morgan fingerprint density at radius 3 is 2.34 bits per heavy atom. The second kappa shape index (κ2) is 10.2. The predicted molar refractivity (Wildman–Crippen MR) is 121 cm³/mol. The predicted octanol–water partition coefficient (Wildman–Crippen LogP) is 2.92. The minimum Gasteiger partial charge on any atom is -0.493 e. The Morgan fingerprint density at radius 2 is 1.72 bits per heavy atom. The number of carbonyl (C=O) groups is 3. The van der Waals surface area contributed by atoms with Gasteiger partial charge >= 0.3 is 6.03 Å². The van der Waals surface area contributed by atoms with Crippen molar-refractivity contribution in [2.45, 2.75) is 32.7 Å².